The first-order valence-corrected chi connectivity index (χ1v) is 6.06. The number of hydrogen-bond acceptors (Lipinski definition) is 4. The molecule has 2 rings (SSSR count). The number of nitrogens with zero attached hydrogens (tertiary/aromatic N) is 1. The number of para-hydroxylation sites is 1. The lowest BCUT2D eigenvalue weighted by atomic mass is 10.1. The number of likely N-dealkylation sites (N-methyl/N-ethyl adjacent to an activating group) is 2. The van der Waals surface area contributed by atoms with E-state index < -0.39 is 5.63 Å². The molecule has 0 aliphatic heterocycles. The Hall–Kier alpha value is -1.85. The van der Waals surface area contributed by atoms with Crippen molar-refractivity contribution in [2.45, 2.75) is 0 Å². The fourth-order valence-electron chi connectivity index (χ4n) is 1.80. The van der Waals surface area contributed by atoms with Gasteiger partial charge in [-0.05, 0) is 19.2 Å². The van der Waals surface area contributed by atoms with Gasteiger partial charge >= 0.3 is 5.63 Å². The third-order valence-corrected chi connectivity index (χ3v) is 2.92. The molecule has 0 aliphatic rings. The maximum absolute atomic E-state index is 12.2. The second-order valence-corrected chi connectivity index (χ2v) is 4.32. The Morgan fingerprint density at radius 3 is 2.75 bits per heavy atom. The molecule has 20 heavy (non-hydrogen) atoms. The summed E-state index contributed by atoms with van der Waals surface area (Å²) in [5.41, 5.74) is -0.0424. The Bertz CT molecular complexity index is 654. The van der Waals surface area contributed by atoms with Crippen LogP contribution in [0.3, 0.4) is 0 Å². The second kappa shape index (κ2) is 7.07. The van der Waals surface area contributed by atoms with Crippen LogP contribution in [-0.4, -0.2) is 38.0 Å². The van der Waals surface area contributed by atoms with Gasteiger partial charge in [-0.15, -0.1) is 12.4 Å². The van der Waals surface area contributed by atoms with E-state index in [1.807, 2.05) is 19.2 Å². The first kappa shape index (κ1) is 16.2. The maximum atomic E-state index is 12.2. The average molecular weight is 297 g/mol. The minimum atomic E-state index is -0.597. The molecule has 1 aromatic heterocycles. The summed E-state index contributed by atoms with van der Waals surface area (Å²) in [6.45, 7) is 1.20. The van der Waals surface area contributed by atoms with Gasteiger partial charge in [0.15, 0.2) is 0 Å². The lowest BCUT2D eigenvalue weighted by molar-refractivity contribution is 0.0793. The van der Waals surface area contributed by atoms with Gasteiger partial charge in [0.1, 0.15) is 11.1 Å². The Kier molecular flexibility index (Phi) is 5.73. The summed E-state index contributed by atoms with van der Waals surface area (Å²) in [6, 6.07) is 8.71. The Balaban J connectivity index is 0.00000200. The standard InChI is InChI=1S/C14H16N2O3.ClH/c1-15-7-8-16(2)13(17)11-9-10-5-3-4-6-12(10)19-14(11)18;/h3-6,9,15H,7-8H2,1-2H3;1H. The summed E-state index contributed by atoms with van der Waals surface area (Å²) in [5.74, 6) is -0.324. The molecule has 0 spiro atoms. The van der Waals surface area contributed by atoms with Gasteiger partial charge in [0.2, 0.25) is 0 Å². The van der Waals surface area contributed by atoms with Crippen LogP contribution >= 0.6 is 12.4 Å². The molecule has 1 amide bonds. The van der Waals surface area contributed by atoms with Crippen molar-refractivity contribution < 1.29 is 9.21 Å². The quantitative estimate of drug-likeness (QED) is 0.869. The largest absolute Gasteiger partial charge is 0.422 e. The number of nitrogens with one attached hydrogen (secondary N) is 1. The third kappa shape index (κ3) is 3.37. The van der Waals surface area contributed by atoms with Crippen molar-refractivity contribution in [2.75, 3.05) is 27.2 Å². The van der Waals surface area contributed by atoms with Crippen LogP contribution in [-0.2, 0) is 0 Å². The van der Waals surface area contributed by atoms with Crippen LogP contribution in [0.25, 0.3) is 11.0 Å². The smallest absolute Gasteiger partial charge is 0.349 e. The number of carbonyl (C=O) groups excluding carboxylic acids is 1. The molecule has 2 aromatic rings. The van der Waals surface area contributed by atoms with Crippen molar-refractivity contribution in [3.63, 3.8) is 0 Å². The van der Waals surface area contributed by atoms with Crippen LogP contribution in [0.4, 0.5) is 0 Å². The molecule has 1 heterocycles. The highest BCUT2D eigenvalue weighted by Gasteiger charge is 2.17. The van der Waals surface area contributed by atoms with Crippen molar-refractivity contribution in [3.05, 3.63) is 46.3 Å². The fourth-order valence-corrected chi connectivity index (χ4v) is 1.80. The van der Waals surface area contributed by atoms with Crippen molar-refractivity contribution >= 4 is 29.3 Å². The van der Waals surface area contributed by atoms with E-state index in [4.69, 9.17) is 4.42 Å². The maximum Gasteiger partial charge on any atom is 0.349 e. The van der Waals surface area contributed by atoms with E-state index in [0.29, 0.717) is 18.7 Å². The highest BCUT2D eigenvalue weighted by molar-refractivity contribution is 5.96. The predicted octanol–water partition coefficient (Wildman–Crippen LogP) is 1.51. The molecular formula is C14H17ClN2O3. The van der Waals surface area contributed by atoms with Gasteiger partial charge in [-0.2, -0.15) is 0 Å². The minimum Gasteiger partial charge on any atom is -0.422 e. The zero-order chi connectivity index (χ0) is 13.8. The molecule has 0 saturated heterocycles. The lowest BCUT2D eigenvalue weighted by Crippen LogP contribution is -2.35. The summed E-state index contributed by atoms with van der Waals surface area (Å²) < 4.78 is 5.15. The first-order valence-electron chi connectivity index (χ1n) is 6.06. The van der Waals surface area contributed by atoms with Crippen LogP contribution in [0.1, 0.15) is 10.4 Å². The summed E-state index contributed by atoms with van der Waals surface area (Å²) in [5, 5.41) is 3.70. The van der Waals surface area contributed by atoms with Crippen LogP contribution in [0.15, 0.2) is 39.5 Å². The van der Waals surface area contributed by atoms with Crippen molar-refractivity contribution in [1.82, 2.24) is 10.2 Å². The molecule has 0 saturated carbocycles. The third-order valence-electron chi connectivity index (χ3n) is 2.92. The summed E-state index contributed by atoms with van der Waals surface area (Å²) in [6.07, 6.45) is 0. The summed E-state index contributed by atoms with van der Waals surface area (Å²) in [7, 11) is 3.47. The highest BCUT2D eigenvalue weighted by atomic mass is 35.5. The number of amides is 1. The van der Waals surface area contributed by atoms with Crippen molar-refractivity contribution in [1.29, 1.82) is 0 Å². The van der Waals surface area contributed by atoms with Gasteiger partial charge in [0, 0.05) is 25.5 Å². The lowest BCUT2D eigenvalue weighted by Gasteiger charge is -2.16. The van der Waals surface area contributed by atoms with Crippen LogP contribution in [0, 0.1) is 0 Å². The number of benzene rings is 1. The average Bonchev–Trinajstić information content (AvgIpc) is 2.43. The Labute approximate surface area is 123 Å². The molecule has 108 valence electrons. The zero-order valence-corrected chi connectivity index (χ0v) is 12.2. The van der Waals surface area contributed by atoms with E-state index in [9.17, 15) is 9.59 Å². The number of fused-ring (bicyclic) bond motifs is 1. The van der Waals surface area contributed by atoms with Gasteiger partial charge in [-0.3, -0.25) is 4.79 Å². The van der Waals surface area contributed by atoms with Gasteiger partial charge in [0.25, 0.3) is 5.91 Å². The van der Waals surface area contributed by atoms with Crippen LogP contribution in [0.5, 0.6) is 0 Å². The predicted molar refractivity (Wildman–Crippen MR) is 80.6 cm³/mol. The molecule has 1 aromatic carbocycles. The van der Waals surface area contributed by atoms with Gasteiger partial charge in [-0.25, -0.2) is 4.79 Å². The summed E-state index contributed by atoms with van der Waals surface area (Å²) >= 11 is 0. The molecule has 0 fully saturated rings. The molecule has 1 N–H and O–H groups in total. The van der Waals surface area contributed by atoms with E-state index in [1.54, 1.807) is 25.2 Å². The van der Waals surface area contributed by atoms with E-state index in [0.717, 1.165) is 5.39 Å². The van der Waals surface area contributed by atoms with E-state index in [1.165, 1.54) is 4.90 Å². The van der Waals surface area contributed by atoms with Gasteiger partial charge in [-0.1, -0.05) is 18.2 Å². The molecule has 0 bridgehead atoms. The van der Waals surface area contributed by atoms with E-state index >= 15 is 0 Å². The topological polar surface area (TPSA) is 62.6 Å². The number of hydrogen-bond donors (Lipinski definition) is 1. The van der Waals surface area contributed by atoms with E-state index in [-0.39, 0.29) is 23.9 Å². The molecule has 0 unspecified atom stereocenters. The summed E-state index contributed by atoms with van der Waals surface area (Å²) in [4.78, 5) is 25.5. The first-order chi connectivity index (χ1) is 9.13. The molecule has 6 heteroatoms. The van der Waals surface area contributed by atoms with Crippen molar-refractivity contribution in [3.8, 4) is 0 Å². The Morgan fingerprint density at radius 2 is 2.05 bits per heavy atom. The molecule has 5 nitrogen and oxygen atoms in total. The van der Waals surface area contributed by atoms with E-state index in [2.05, 4.69) is 5.32 Å². The zero-order valence-electron chi connectivity index (χ0n) is 11.4. The molecule has 0 atom stereocenters. The van der Waals surface area contributed by atoms with Crippen LogP contribution < -0.4 is 10.9 Å². The second-order valence-electron chi connectivity index (χ2n) is 4.32. The number of carbonyl (C=O) groups is 1. The monoisotopic (exact) mass is 296 g/mol. The number of rotatable bonds is 4. The SMILES string of the molecule is CNCCN(C)C(=O)c1cc2ccccc2oc1=O.Cl. The van der Waals surface area contributed by atoms with Crippen LogP contribution in [0.2, 0.25) is 0 Å². The number of halogens is 1. The Morgan fingerprint density at radius 1 is 1.35 bits per heavy atom. The highest BCUT2D eigenvalue weighted by Crippen LogP contribution is 2.13. The molecular weight excluding hydrogens is 280 g/mol. The minimum absolute atomic E-state index is 0. The van der Waals surface area contributed by atoms with Gasteiger partial charge < -0.3 is 14.6 Å². The van der Waals surface area contributed by atoms with Crippen molar-refractivity contribution in [2.24, 2.45) is 0 Å². The van der Waals surface area contributed by atoms with Gasteiger partial charge in [0.05, 0.1) is 0 Å². The fraction of sp³-hybridized carbons (Fsp3) is 0.286. The molecule has 0 aliphatic carbocycles. The normalized spacial score (nSPS) is 10.1. The molecule has 0 radical (unpaired) electrons.